The van der Waals surface area contributed by atoms with Crippen molar-refractivity contribution in [2.75, 3.05) is 11.4 Å². The van der Waals surface area contributed by atoms with E-state index in [1.165, 1.54) is 23.6 Å². The van der Waals surface area contributed by atoms with E-state index in [0.29, 0.717) is 11.3 Å². The van der Waals surface area contributed by atoms with E-state index in [1.54, 1.807) is 90.2 Å². The molecule has 1 unspecified atom stereocenters. The maximum Gasteiger partial charge on any atom is 0.416 e. The van der Waals surface area contributed by atoms with E-state index in [0.717, 1.165) is 15.5 Å². The molecule has 4 rings (SSSR count). The van der Waals surface area contributed by atoms with Crippen molar-refractivity contribution >= 4 is 39.1 Å². The first-order valence-corrected chi connectivity index (χ1v) is 16.6. The van der Waals surface area contributed by atoms with E-state index in [-0.39, 0.29) is 17.4 Å². The van der Waals surface area contributed by atoms with Gasteiger partial charge in [0.1, 0.15) is 33.9 Å². The van der Waals surface area contributed by atoms with Crippen molar-refractivity contribution < 1.29 is 27.5 Å². The zero-order valence-corrected chi connectivity index (χ0v) is 27.7. The highest BCUT2D eigenvalue weighted by atomic mass is 32.2. The second-order valence-corrected chi connectivity index (χ2v) is 14.9. The Hall–Kier alpha value is -4.20. The summed E-state index contributed by atoms with van der Waals surface area (Å²) < 4.78 is 38.6. The summed E-state index contributed by atoms with van der Waals surface area (Å²) in [5.74, 6) is -0.493. The van der Waals surface area contributed by atoms with E-state index in [2.05, 4.69) is 20.3 Å². The molecule has 1 amide bonds. The van der Waals surface area contributed by atoms with Crippen LogP contribution in [0.2, 0.25) is 0 Å². The minimum Gasteiger partial charge on any atom is -0.459 e. The molecule has 0 aliphatic rings. The van der Waals surface area contributed by atoms with E-state index in [4.69, 9.17) is 9.47 Å². The van der Waals surface area contributed by atoms with Gasteiger partial charge in [-0.2, -0.15) is 0 Å². The molecule has 45 heavy (non-hydrogen) atoms. The largest absolute Gasteiger partial charge is 0.459 e. The first kappa shape index (κ1) is 33.7. The fourth-order valence-electron chi connectivity index (χ4n) is 4.18. The monoisotopic (exact) mass is 651 g/mol. The van der Waals surface area contributed by atoms with Gasteiger partial charge in [-0.1, -0.05) is 36.4 Å². The number of carbonyl (C=O) groups is 2. The molecule has 1 N–H and O–H groups in total. The summed E-state index contributed by atoms with van der Waals surface area (Å²) >= 11 is 1.49. The highest BCUT2D eigenvalue weighted by molar-refractivity contribution is 7.91. The number of sulfone groups is 1. The zero-order chi connectivity index (χ0) is 32.8. The molecule has 0 spiro atoms. The third-order valence-corrected chi connectivity index (χ3v) is 8.70. The van der Waals surface area contributed by atoms with Crippen LogP contribution in [-0.2, 0) is 30.7 Å². The minimum absolute atomic E-state index is 0.00734. The van der Waals surface area contributed by atoms with Crippen LogP contribution in [0.4, 0.5) is 10.6 Å². The standard InChI is InChI=1S/C32H37N5O6S2/c1-31(2,3)42-27(38)21-37(30(39)43-32(4,5)6)25-11-9-10-24(36-25)20-35-29(45(40,41)26-12-7-8-17-33-26)23-15-13-22(14-16-23)28-34-18-19-44-28/h7-19,29,35H,20-21H2,1-6H3. The lowest BCUT2D eigenvalue weighted by atomic mass is 10.1. The van der Waals surface area contributed by atoms with E-state index in [1.807, 2.05) is 17.5 Å². The normalized spacial score (nSPS) is 12.8. The molecule has 11 nitrogen and oxygen atoms in total. The van der Waals surface area contributed by atoms with Gasteiger partial charge in [-0.25, -0.2) is 28.2 Å². The number of pyridine rings is 2. The number of aromatic nitrogens is 3. The Kier molecular flexibility index (Phi) is 10.4. The smallest absolute Gasteiger partial charge is 0.416 e. The number of esters is 1. The number of nitrogens with zero attached hydrogens (tertiary/aromatic N) is 4. The minimum atomic E-state index is -3.99. The topological polar surface area (TPSA) is 141 Å². The highest BCUT2D eigenvalue weighted by Crippen LogP contribution is 2.29. The van der Waals surface area contributed by atoms with Crippen molar-refractivity contribution in [3.63, 3.8) is 0 Å². The molecule has 238 valence electrons. The molecule has 0 saturated heterocycles. The summed E-state index contributed by atoms with van der Waals surface area (Å²) in [7, 11) is -3.99. The SMILES string of the molecule is CC(C)(C)OC(=O)CN(C(=O)OC(C)(C)C)c1cccc(CNC(c2ccc(-c3nccs3)cc2)S(=O)(=O)c2ccccn2)n1. The number of amides is 1. The lowest BCUT2D eigenvalue weighted by Gasteiger charge is -2.28. The van der Waals surface area contributed by atoms with Gasteiger partial charge in [0.2, 0.25) is 9.84 Å². The van der Waals surface area contributed by atoms with Crippen molar-refractivity contribution in [2.24, 2.45) is 0 Å². The van der Waals surface area contributed by atoms with Crippen molar-refractivity contribution in [1.82, 2.24) is 20.3 Å². The Morgan fingerprint density at radius 3 is 2.20 bits per heavy atom. The Balaban J connectivity index is 1.63. The fourth-order valence-corrected chi connectivity index (χ4v) is 6.36. The van der Waals surface area contributed by atoms with Crippen LogP contribution in [0, 0.1) is 0 Å². The average molecular weight is 652 g/mol. The fraction of sp³-hybridized carbons (Fsp3) is 0.344. The van der Waals surface area contributed by atoms with E-state index in [9.17, 15) is 18.0 Å². The number of ether oxygens (including phenoxy) is 2. The molecule has 4 aromatic rings. The summed E-state index contributed by atoms with van der Waals surface area (Å²) in [6.45, 7) is 9.92. The summed E-state index contributed by atoms with van der Waals surface area (Å²) in [6, 6.07) is 16.8. The van der Waals surface area contributed by atoms with Crippen LogP contribution in [0.1, 0.15) is 58.2 Å². The molecule has 0 fully saturated rings. The van der Waals surface area contributed by atoms with Crippen LogP contribution in [-0.4, -0.2) is 53.2 Å². The van der Waals surface area contributed by atoms with Crippen molar-refractivity contribution in [3.05, 3.63) is 89.7 Å². The third kappa shape index (κ3) is 9.40. The number of rotatable bonds is 10. The lowest BCUT2D eigenvalue weighted by Crippen LogP contribution is -2.42. The highest BCUT2D eigenvalue weighted by Gasteiger charge is 2.31. The van der Waals surface area contributed by atoms with Gasteiger partial charge in [-0.3, -0.25) is 15.0 Å². The number of nitrogens with one attached hydrogen (secondary N) is 1. The first-order valence-electron chi connectivity index (χ1n) is 14.2. The van der Waals surface area contributed by atoms with Gasteiger partial charge in [0, 0.05) is 29.9 Å². The Bertz CT molecular complexity index is 1700. The maximum atomic E-state index is 13.8. The van der Waals surface area contributed by atoms with Crippen LogP contribution in [0.15, 0.2) is 83.5 Å². The van der Waals surface area contributed by atoms with Gasteiger partial charge in [0.25, 0.3) is 0 Å². The Morgan fingerprint density at radius 2 is 1.60 bits per heavy atom. The van der Waals surface area contributed by atoms with Crippen LogP contribution in [0.3, 0.4) is 0 Å². The van der Waals surface area contributed by atoms with Crippen molar-refractivity contribution in [1.29, 1.82) is 0 Å². The molecule has 3 aromatic heterocycles. The number of thiazole rings is 1. The zero-order valence-electron chi connectivity index (χ0n) is 26.1. The predicted molar refractivity (Wildman–Crippen MR) is 172 cm³/mol. The van der Waals surface area contributed by atoms with Gasteiger partial charge >= 0.3 is 12.1 Å². The van der Waals surface area contributed by atoms with Gasteiger partial charge in [0.05, 0.1) is 5.69 Å². The van der Waals surface area contributed by atoms with Crippen LogP contribution < -0.4 is 10.2 Å². The van der Waals surface area contributed by atoms with Crippen LogP contribution in [0.5, 0.6) is 0 Å². The molecule has 1 aromatic carbocycles. The van der Waals surface area contributed by atoms with E-state index < -0.39 is 45.0 Å². The molecular formula is C32H37N5O6S2. The molecule has 0 bridgehead atoms. The molecule has 1 atom stereocenters. The summed E-state index contributed by atoms with van der Waals surface area (Å²) in [5.41, 5.74) is 0.195. The number of hydrogen-bond acceptors (Lipinski definition) is 11. The molecule has 0 radical (unpaired) electrons. The first-order chi connectivity index (χ1) is 21.1. The maximum absolute atomic E-state index is 13.8. The molecule has 0 aliphatic heterocycles. The Labute approximate surface area is 267 Å². The van der Waals surface area contributed by atoms with Gasteiger partial charge < -0.3 is 9.47 Å². The molecule has 3 heterocycles. The van der Waals surface area contributed by atoms with E-state index >= 15 is 0 Å². The van der Waals surface area contributed by atoms with Gasteiger partial charge in [-0.05, 0) is 71.4 Å². The lowest BCUT2D eigenvalue weighted by molar-refractivity contribution is -0.153. The molecular weight excluding hydrogens is 615 g/mol. The summed E-state index contributed by atoms with van der Waals surface area (Å²) in [6.07, 6.45) is 2.36. The van der Waals surface area contributed by atoms with Gasteiger partial charge in [0.15, 0.2) is 5.03 Å². The second-order valence-electron chi connectivity index (χ2n) is 12.1. The molecule has 0 aliphatic carbocycles. The summed E-state index contributed by atoms with van der Waals surface area (Å²) in [5, 5.41) is 4.56. The Morgan fingerprint density at radius 1 is 0.889 bits per heavy atom. The van der Waals surface area contributed by atoms with Crippen molar-refractivity contribution in [3.8, 4) is 10.6 Å². The molecule has 13 heteroatoms. The molecule has 0 saturated carbocycles. The van der Waals surface area contributed by atoms with Gasteiger partial charge in [-0.15, -0.1) is 11.3 Å². The quantitative estimate of drug-likeness (QED) is 0.205. The average Bonchev–Trinajstić information content (AvgIpc) is 3.50. The number of benzene rings is 1. The van der Waals surface area contributed by atoms with Crippen LogP contribution >= 0.6 is 11.3 Å². The predicted octanol–water partition coefficient (Wildman–Crippen LogP) is 5.95. The number of hydrogen-bond donors (Lipinski definition) is 1. The van der Waals surface area contributed by atoms with Crippen LogP contribution in [0.25, 0.3) is 10.6 Å². The third-order valence-electron chi connectivity index (χ3n) is 5.99. The summed E-state index contributed by atoms with van der Waals surface area (Å²) in [4.78, 5) is 40.0. The van der Waals surface area contributed by atoms with Crippen molar-refractivity contribution in [2.45, 2.75) is 69.7 Å². The number of carbonyl (C=O) groups excluding carboxylic acids is 2. The second kappa shape index (κ2) is 13.8. The number of anilines is 1.